The molecule has 3 amide bonds. The Hall–Kier alpha value is -2.57. The second-order valence-corrected chi connectivity index (χ2v) is 8.07. The number of nitrogens with zero attached hydrogens (tertiary/aromatic N) is 2. The first-order valence-electron chi connectivity index (χ1n) is 10.1. The smallest absolute Gasteiger partial charge is 0.410 e. The highest BCUT2D eigenvalue weighted by Crippen LogP contribution is 2.34. The largest absolute Gasteiger partial charge is 0.441 e. The van der Waals surface area contributed by atoms with Crippen LogP contribution < -0.4 is 5.32 Å². The van der Waals surface area contributed by atoms with Crippen molar-refractivity contribution in [3.05, 3.63) is 35.9 Å². The van der Waals surface area contributed by atoms with E-state index in [9.17, 15) is 14.4 Å². The number of hydrogen-bond acceptors (Lipinski definition) is 4. The first kappa shape index (κ1) is 18.8. The van der Waals surface area contributed by atoms with Gasteiger partial charge in [-0.3, -0.25) is 9.59 Å². The summed E-state index contributed by atoms with van der Waals surface area (Å²) < 4.78 is 5.77. The highest BCUT2D eigenvalue weighted by Gasteiger charge is 2.47. The lowest BCUT2D eigenvalue weighted by molar-refractivity contribution is -0.140. The molecule has 3 heterocycles. The van der Waals surface area contributed by atoms with Gasteiger partial charge in [0.1, 0.15) is 5.60 Å². The molecule has 0 bridgehead atoms. The third kappa shape index (κ3) is 3.98. The van der Waals surface area contributed by atoms with E-state index in [2.05, 4.69) is 17.4 Å². The second kappa shape index (κ2) is 7.81. The van der Waals surface area contributed by atoms with E-state index in [-0.39, 0.29) is 23.8 Å². The van der Waals surface area contributed by atoms with E-state index in [0.717, 1.165) is 6.42 Å². The van der Waals surface area contributed by atoms with Crippen molar-refractivity contribution >= 4 is 17.9 Å². The number of likely N-dealkylation sites (tertiary alicyclic amines) is 1. The van der Waals surface area contributed by atoms with E-state index in [1.54, 1.807) is 4.90 Å². The maximum absolute atomic E-state index is 12.7. The van der Waals surface area contributed by atoms with Gasteiger partial charge in [0.25, 0.3) is 0 Å². The molecule has 3 aliphatic rings. The molecule has 3 fully saturated rings. The minimum Gasteiger partial charge on any atom is -0.441 e. The van der Waals surface area contributed by atoms with Crippen LogP contribution >= 0.6 is 0 Å². The summed E-state index contributed by atoms with van der Waals surface area (Å²) in [4.78, 5) is 40.0. The van der Waals surface area contributed by atoms with Crippen molar-refractivity contribution in [2.45, 2.75) is 37.7 Å². The number of rotatable bonds is 4. The number of nitrogens with one attached hydrogen (secondary N) is 1. The number of carbonyl (C=O) groups is 3. The normalized spacial score (nSPS) is 24.2. The third-order valence-electron chi connectivity index (χ3n) is 6.16. The topological polar surface area (TPSA) is 79.0 Å². The molecule has 0 aliphatic carbocycles. The lowest BCUT2D eigenvalue weighted by Crippen LogP contribution is -2.52. The average Bonchev–Trinajstić information content (AvgIpc) is 3.02. The van der Waals surface area contributed by atoms with Crippen LogP contribution in [-0.4, -0.2) is 66.0 Å². The van der Waals surface area contributed by atoms with E-state index in [4.69, 9.17) is 4.74 Å². The third-order valence-corrected chi connectivity index (χ3v) is 6.16. The zero-order chi connectivity index (χ0) is 19.6. The molecule has 1 aromatic carbocycles. The van der Waals surface area contributed by atoms with Crippen molar-refractivity contribution in [3.8, 4) is 0 Å². The van der Waals surface area contributed by atoms with Gasteiger partial charge in [-0.2, -0.15) is 0 Å². The molecule has 4 rings (SSSR count). The van der Waals surface area contributed by atoms with Gasteiger partial charge in [-0.05, 0) is 18.4 Å². The quantitative estimate of drug-likeness (QED) is 0.853. The minimum atomic E-state index is -0.467. The van der Waals surface area contributed by atoms with E-state index in [1.165, 1.54) is 5.56 Å². The van der Waals surface area contributed by atoms with E-state index >= 15 is 0 Å². The summed E-state index contributed by atoms with van der Waals surface area (Å²) in [7, 11) is 0. The molecule has 28 heavy (non-hydrogen) atoms. The number of carbonyl (C=O) groups excluding carboxylic acids is 3. The molecule has 150 valence electrons. The zero-order valence-corrected chi connectivity index (χ0v) is 16.1. The summed E-state index contributed by atoms with van der Waals surface area (Å²) in [5.41, 5.74) is 0.738. The van der Waals surface area contributed by atoms with Crippen LogP contribution in [-0.2, 0) is 20.7 Å². The fourth-order valence-corrected chi connectivity index (χ4v) is 4.37. The Bertz CT molecular complexity index is 733. The lowest BCUT2D eigenvalue weighted by atomic mass is 9.89. The number of amides is 3. The Kier molecular flexibility index (Phi) is 5.24. The Balaban J connectivity index is 1.28. The summed E-state index contributed by atoms with van der Waals surface area (Å²) in [6, 6.07) is 10.1. The van der Waals surface area contributed by atoms with E-state index in [0.29, 0.717) is 58.4 Å². The van der Waals surface area contributed by atoms with Gasteiger partial charge in [0, 0.05) is 45.4 Å². The Morgan fingerprint density at radius 3 is 2.61 bits per heavy atom. The monoisotopic (exact) mass is 385 g/mol. The fraction of sp³-hybridized carbons (Fsp3) is 0.571. The van der Waals surface area contributed by atoms with Crippen molar-refractivity contribution in [2.24, 2.45) is 5.92 Å². The predicted octanol–water partition coefficient (Wildman–Crippen LogP) is 1.57. The molecule has 3 aliphatic heterocycles. The average molecular weight is 385 g/mol. The summed E-state index contributed by atoms with van der Waals surface area (Å²) in [5, 5.41) is 2.78. The molecule has 7 nitrogen and oxygen atoms in total. The molecule has 0 saturated carbocycles. The maximum Gasteiger partial charge on any atom is 0.410 e. The summed E-state index contributed by atoms with van der Waals surface area (Å²) in [6.07, 6.45) is 2.95. The minimum absolute atomic E-state index is 0.0232. The van der Waals surface area contributed by atoms with Gasteiger partial charge in [0.2, 0.25) is 11.8 Å². The van der Waals surface area contributed by atoms with Crippen molar-refractivity contribution in [2.75, 3.05) is 32.7 Å². The molecule has 3 saturated heterocycles. The fourth-order valence-electron chi connectivity index (χ4n) is 4.37. The molecular weight excluding hydrogens is 358 g/mol. The highest BCUT2D eigenvalue weighted by molar-refractivity contribution is 5.84. The van der Waals surface area contributed by atoms with Crippen molar-refractivity contribution < 1.29 is 19.1 Å². The summed E-state index contributed by atoms with van der Waals surface area (Å²) in [6.45, 7) is 2.88. The van der Waals surface area contributed by atoms with Crippen LogP contribution in [0.15, 0.2) is 30.3 Å². The molecule has 7 heteroatoms. The highest BCUT2D eigenvalue weighted by atomic mass is 16.6. The van der Waals surface area contributed by atoms with Gasteiger partial charge in [0.05, 0.1) is 12.5 Å². The number of benzene rings is 1. The van der Waals surface area contributed by atoms with Crippen LogP contribution in [0.2, 0.25) is 0 Å². The van der Waals surface area contributed by atoms with Gasteiger partial charge in [-0.15, -0.1) is 0 Å². The van der Waals surface area contributed by atoms with Gasteiger partial charge in [0.15, 0.2) is 0 Å². The first-order valence-corrected chi connectivity index (χ1v) is 10.1. The van der Waals surface area contributed by atoms with Crippen LogP contribution in [0.4, 0.5) is 4.79 Å². The molecule has 1 N–H and O–H groups in total. The Morgan fingerprint density at radius 1 is 1.18 bits per heavy atom. The first-order chi connectivity index (χ1) is 13.5. The second-order valence-electron chi connectivity index (χ2n) is 8.07. The molecule has 0 aromatic heterocycles. The van der Waals surface area contributed by atoms with Gasteiger partial charge < -0.3 is 19.9 Å². The number of ether oxygens (including phenoxy) is 1. The Labute approximate surface area is 165 Å². The van der Waals surface area contributed by atoms with Crippen molar-refractivity contribution in [1.82, 2.24) is 15.1 Å². The van der Waals surface area contributed by atoms with E-state index in [1.807, 2.05) is 23.1 Å². The number of hydrogen-bond donors (Lipinski definition) is 1. The van der Waals surface area contributed by atoms with Crippen LogP contribution in [0.3, 0.4) is 0 Å². The van der Waals surface area contributed by atoms with Crippen LogP contribution in [0.25, 0.3) is 0 Å². The van der Waals surface area contributed by atoms with E-state index < -0.39 is 5.60 Å². The zero-order valence-electron chi connectivity index (χ0n) is 16.1. The van der Waals surface area contributed by atoms with Gasteiger partial charge in [-0.25, -0.2) is 4.79 Å². The summed E-state index contributed by atoms with van der Waals surface area (Å²) >= 11 is 0. The molecule has 1 aromatic rings. The van der Waals surface area contributed by atoms with Crippen molar-refractivity contribution in [3.63, 3.8) is 0 Å². The standard InChI is InChI=1S/C21H27N3O4/c25-18-7-6-17(14-22-18)19(26)23-12-9-21(10-13-23)15-24(20(27)28-21)11-8-16-4-2-1-3-5-16/h1-5,17H,6-15H2,(H,22,25). The molecule has 1 spiro atoms. The molecular formula is C21H27N3O4. The molecule has 1 unspecified atom stereocenters. The van der Waals surface area contributed by atoms with Crippen LogP contribution in [0.5, 0.6) is 0 Å². The lowest BCUT2D eigenvalue weighted by Gasteiger charge is -2.39. The predicted molar refractivity (Wildman–Crippen MR) is 102 cm³/mol. The SMILES string of the molecule is O=C1CCC(C(=O)N2CCC3(CC2)CN(CCc2ccccc2)C(=O)O3)CN1. The summed E-state index contributed by atoms with van der Waals surface area (Å²) in [5.74, 6) is 0.00969. The molecule has 1 atom stereocenters. The Morgan fingerprint density at radius 2 is 1.93 bits per heavy atom. The van der Waals surface area contributed by atoms with Gasteiger partial charge >= 0.3 is 6.09 Å². The van der Waals surface area contributed by atoms with Crippen LogP contribution in [0.1, 0.15) is 31.2 Å². The van der Waals surface area contributed by atoms with Crippen molar-refractivity contribution in [1.29, 1.82) is 0 Å². The van der Waals surface area contributed by atoms with Gasteiger partial charge in [-0.1, -0.05) is 30.3 Å². The molecule has 0 radical (unpaired) electrons. The number of piperidine rings is 2. The maximum atomic E-state index is 12.7. The van der Waals surface area contributed by atoms with Crippen LogP contribution in [0, 0.1) is 5.92 Å².